The summed E-state index contributed by atoms with van der Waals surface area (Å²) < 4.78 is 5.10. The number of ether oxygens (including phenoxy) is 1. The minimum absolute atomic E-state index is 0.0177. The Labute approximate surface area is 102 Å². The maximum Gasteiger partial charge on any atom is 0.173 e. The van der Waals surface area contributed by atoms with Crippen LogP contribution in [0.15, 0.2) is 24.3 Å². The van der Waals surface area contributed by atoms with Gasteiger partial charge >= 0.3 is 0 Å². The average Bonchev–Trinajstić information content (AvgIpc) is 2.27. The van der Waals surface area contributed by atoms with Crippen LogP contribution in [0.25, 0.3) is 0 Å². The maximum atomic E-state index is 11.9. The molecule has 1 aromatic rings. The van der Waals surface area contributed by atoms with E-state index in [1.807, 2.05) is 13.8 Å². The molecule has 0 N–H and O–H groups in total. The fourth-order valence-electron chi connectivity index (χ4n) is 1.68. The van der Waals surface area contributed by atoms with Crippen LogP contribution >= 0.6 is 0 Å². The van der Waals surface area contributed by atoms with Gasteiger partial charge in [0.05, 0.1) is 19.1 Å². The van der Waals surface area contributed by atoms with E-state index in [4.69, 9.17) is 4.74 Å². The molecular formula is C14H18O3. The number of hydrogen-bond donors (Lipinski definition) is 0. The largest absolute Gasteiger partial charge is 0.496 e. The Morgan fingerprint density at radius 2 is 1.88 bits per heavy atom. The van der Waals surface area contributed by atoms with E-state index >= 15 is 0 Å². The first kappa shape index (κ1) is 13.4. The summed E-state index contributed by atoms with van der Waals surface area (Å²) >= 11 is 0. The molecule has 0 unspecified atom stereocenters. The normalized spacial score (nSPS) is 10.4. The van der Waals surface area contributed by atoms with Gasteiger partial charge in [-0.2, -0.15) is 0 Å². The van der Waals surface area contributed by atoms with Crippen molar-refractivity contribution in [2.45, 2.75) is 26.7 Å². The van der Waals surface area contributed by atoms with Gasteiger partial charge in [-0.25, -0.2) is 0 Å². The Morgan fingerprint density at radius 1 is 1.24 bits per heavy atom. The van der Waals surface area contributed by atoms with E-state index in [1.165, 1.54) is 7.11 Å². The van der Waals surface area contributed by atoms with Crippen LogP contribution in [0.1, 0.15) is 37.0 Å². The second-order valence-corrected chi connectivity index (χ2v) is 4.44. The monoisotopic (exact) mass is 234 g/mol. The summed E-state index contributed by atoms with van der Waals surface area (Å²) in [6.07, 6.45) is 0.402. The van der Waals surface area contributed by atoms with Gasteiger partial charge < -0.3 is 4.74 Å². The number of rotatable bonds is 6. The molecule has 0 spiro atoms. The minimum Gasteiger partial charge on any atom is -0.496 e. The van der Waals surface area contributed by atoms with Crippen molar-refractivity contribution < 1.29 is 14.3 Å². The van der Waals surface area contributed by atoms with Crippen LogP contribution in [0, 0.1) is 5.92 Å². The van der Waals surface area contributed by atoms with Gasteiger partial charge in [-0.15, -0.1) is 0 Å². The van der Waals surface area contributed by atoms with Gasteiger partial charge in [0.1, 0.15) is 11.5 Å². The van der Waals surface area contributed by atoms with E-state index in [0.29, 0.717) is 17.7 Å². The topological polar surface area (TPSA) is 43.4 Å². The molecule has 0 bridgehead atoms. The molecule has 0 aliphatic rings. The quantitative estimate of drug-likeness (QED) is 0.561. The van der Waals surface area contributed by atoms with Crippen LogP contribution in [0.2, 0.25) is 0 Å². The lowest BCUT2D eigenvalue weighted by atomic mass is 10.00. The van der Waals surface area contributed by atoms with Gasteiger partial charge in [0.25, 0.3) is 0 Å². The number of carbonyl (C=O) groups is 2. The number of carbonyl (C=O) groups excluding carboxylic acids is 2. The van der Waals surface area contributed by atoms with Crippen LogP contribution in [-0.4, -0.2) is 18.7 Å². The predicted octanol–water partition coefficient (Wildman–Crippen LogP) is 2.88. The zero-order valence-electron chi connectivity index (χ0n) is 10.5. The van der Waals surface area contributed by atoms with Crippen LogP contribution in [0.4, 0.5) is 0 Å². The SMILES string of the molecule is COc1ccccc1C(=O)CC(=O)CC(C)C. The summed E-state index contributed by atoms with van der Waals surface area (Å²) in [5, 5.41) is 0. The van der Waals surface area contributed by atoms with E-state index in [9.17, 15) is 9.59 Å². The van der Waals surface area contributed by atoms with Crippen LogP contribution in [0.5, 0.6) is 5.75 Å². The van der Waals surface area contributed by atoms with Crippen molar-refractivity contribution in [2.75, 3.05) is 7.11 Å². The number of para-hydroxylation sites is 1. The number of ketones is 2. The average molecular weight is 234 g/mol. The van der Waals surface area contributed by atoms with Crippen molar-refractivity contribution in [1.29, 1.82) is 0 Å². The van der Waals surface area contributed by atoms with Crippen LogP contribution in [-0.2, 0) is 4.79 Å². The Hall–Kier alpha value is -1.64. The lowest BCUT2D eigenvalue weighted by Crippen LogP contribution is -2.11. The molecule has 1 aromatic carbocycles. The number of hydrogen-bond acceptors (Lipinski definition) is 3. The summed E-state index contributed by atoms with van der Waals surface area (Å²) in [5.74, 6) is 0.617. The first-order chi connectivity index (χ1) is 8.04. The molecule has 0 saturated carbocycles. The molecule has 0 aliphatic heterocycles. The van der Waals surface area contributed by atoms with Crippen molar-refractivity contribution >= 4 is 11.6 Å². The fourth-order valence-corrected chi connectivity index (χ4v) is 1.68. The fraction of sp³-hybridized carbons (Fsp3) is 0.429. The Bertz CT molecular complexity index is 408. The smallest absolute Gasteiger partial charge is 0.173 e. The zero-order chi connectivity index (χ0) is 12.8. The molecule has 0 aliphatic carbocycles. The molecule has 1 rings (SSSR count). The summed E-state index contributed by atoms with van der Waals surface area (Å²) in [6, 6.07) is 6.97. The third-order valence-electron chi connectivity index (χ3n) is 2.40. The molecule has 0 fully saturated rings. The van der Waals surface area contributed by atoms with Crippen LogP contribution in [0.3, 0.4) is 0 Å². The number of Topliss-reactive ketones (excluding diaryl/α,β-unsaturated/α-hetero) is 2. The van der Waals surface area contributed by atoms with E-state index in [0.717, 1.165) is 0 Å². The molecular weight excluding hydrogens is 216 g/mol. The summed E-state index contributed by atoms with van der Waals surface area (Å²) in [7, 11) is 1.52. The highest BCUT2D eigenvalue weighted by atomic mass is 16.5. The number of methoxy groups -OCH3 is 1. The lowest BCUT2D eigenvalue weighted by Gasteiger charge is -2.07. The summed E-state index contributed by atoms with van der Waals surface area (Å²) in [6.45, 7) is 3.93. The van der Waals surface area contributed by atoms with Gasteiger partial charge in [-0.1, -0.05) is 26.0 Å². The first-order valence-electron chi connectivity index (χ1n) is 5.72. The Kier molecular flexibility index (Phi) is 4.88. The summed E-state index contributed by atoms with van der Waals surface area (Å²) in [5.41, 5.74) is 0.479. The van der Waals surface area contributed by atoms with Crippen molar-refractivity contribution in [3.8, 4) is 5.75 Å². The zero-order valence-corrected chi connectivity index (χ0v) is 10.5. The predicted molar refractivity (Wildman–Crippen MR) is 66.4 cm³/mol. The van der Waals surface area contributed by atoms with Crippen molar-refractivity contribution in [1.82, 2.24) is 0 Å². The molecule has 3 heteroatoms. The van der Waals surface area contributed by atoms with Gasteiger partial charge in [-0.3, -0.25) is 9.59 Å². The van der Waals surface area contributed by atoms with Crippen molar-refractivity contribution in [2.24, 2.45) is 5.92 Å². The third kappa shape index (κ3) is 4.02. The first-order valence-corrected chi connectivity index (χ1v) is 5.72. The Balaban J connectivity index is 2.73. The molecule has 17 heavy (non-hydrogen) atoms. The molecule has 0 heterocycles. The van der Waals surface area contributed by atoms with Gasteiger partial charge in [0.2, 0.25) is 0 Å². The van der Waals surface area contributed by atoms with Crippen molar-refractivity contribution in [3.05, 3.63) is 29.8 Å². The minimum atomic E-state index is -0.173. The maximum absolute atomic E-state index is 11.9. The van der Waals surface area contributed by atoms with E-state index in [-0.39, 0.29) is 23.9 Å². The summed E-state index contributed by atoms with van der Waals surface area (Å²) in [4.78, 5) is 23.5. The molecule has 0 aromatic heterocycles. The molecule has 0 atom stereocenters. The lowest BCUT2D eigenvalue weighted by molar-refractivity contribution is -0.118. The highest BCUT2D eigenvalue weighted by Crippen LogP contribution is 2.19. The molecule has 3 nitrogen and oxygen atoms in total. The van der Waals surface area contributed by atoms with E-state index < -0.39 is 0 Å². The Morgan fingerprint density at radius 3 is 2.47 bits per heavy atom. The molecule has 0 saturated heterocycles. The van der Waals surface area contributed by atoms with Gasteiger partial charge in [0.15, 0.2) is 5.78 Å². The second-order valence-electron chi connectivity index (χ2n) is 4.44. The highest BCUT2D eigenvalue weighted by Gasteiger charge is 2.16. The molecule has 0 amide bonds. The highest BCUT2D eigenvalue weighted by molar-refractivity contribution is 6.09. The van der Waals surface area contributed by atoms with Crippen molar-refractivity contribution in [3.63, 3.8) is 0 Å². The van der Waals surface area contributed by atoms with Crippen LogP contribution < -0.4 is 4.74 Å². The number of benzene rings is 1. The third-order valence-corrected chi connectivity index (χ3v) is 2.40. The second kappa shape index (κ2) is 6.18. The van der Waals surface area contributed by atoms with Gasteiger partial charge in [-0.05, 0) is 18.1 Å². The molecule has 92 valence electrons. The van der Waals surface area contributed by atoms with Gasteiger partial charge in [0, 0.05) is 6.42 Å². The van der Waals surface area contributed by atoms with E-state index in [2.05, 4.69) is 0 Å². The van der Waals surface area contributed by atoms with E-state index in [1.54, 1.807) is 24.3 Å². The molecule has 0 radical (unpaired) electrons. The standard InChI is InChI=1S/C14H18O3/c1-10(2)8-11(15)9-13(16)12-6-4-5-7-14(12)17-3/h4-7,10H,8-9H2,1-3H3.